The van der Waals surface area contributed by atoms with Crippen LogP contribution in [-0.4, -0.2) is 0 Å². The van der Waals surface area contributed by atoms with Crippen LogP contribution in [0, 0.1) is 19.7 Å². The maximum atomic E-state index is 5.36. The van der Waals surface area contributed by atoms with Crippen LogP contribution in [0.2, 0.25) is 0 Å². The van der Waals surface area contributed by atoms with E-state index in [0.29, 0.717) is 0 Å². The van der Waals surface area contributed by atoms with E-state index in [-0.39, 0.29) is 56.6 Å². The second-order valence-corrected chi connectivity index (χ2v) is 2.43. The standard InChI is InChI=1S/C12H9.3Li/c1-4-10-7-11(5-2)9-12(6-3)8-10;;;/h1-9H;;;/q-3;3*+1. The van der Waals surface area contributed by atoms with Crippen molar-refractivity contribution in [2.45, 2.75) is 0 Å². The van der Waals surface area contributed by atoms with Crippen molar-refractivity contribution in [3.05, 3.63) is 54.6 Å². The van der Waals surface area contributed by atoms with Crippen LogP contribution in [0.15, 0.2) is 18.2 Å². The van der Waals surface area contributed by atoms with Gasteiger partial charge >= 0.3 is 56.6 Å². The number of benzene rings is 1. The first-order chi connectivity index (χ1) is 5.80. The van der Waals surface area contributed by atoms with Gasteiger partial charge in [0.1, 0.15) is 0 Å². The minimum Gasteiger partial charge on any atom is -0.292 e. The van der Waals surface area contributed by atoms with Gasteiger partial charge in [-0.05, 0) is 0 Å². The summed E-state index contributed by atoms with van der Waals surface area (Å²) >= 11 is 0. The van der Waals surface area contributed by atoms with E-state index in [2.05, 4.69) is 0 Å². The average Bonchev–Trinajstić information content (AvgIpc) is 2.16. The molecule has 1 aromatic rings. The van der Waals surface area contributed by atoms with E-state index >= 15 is 0 Å². The summed E-state index contributed by atoms with van der Waals surface area (Å²) in [5, 5.41) is 0. The largest absolute Gasteiger partial charge is 1.00 e. The fourth-order valence-electron chi connectivity index (χ4n) is 0.991. The van der Waals surface area contributed by atoms with Crippen LogP contribution in [0.5, 0.6) is 0 Å². The molecule has 0 bridgehead atoms. The van der Waals surface area contributed by atoms with E-state index in [4.69, 9.17) is 19.7 Å². The first-order valence-electron chi connectivity index (χ1n) is 3.60. The summed E-state index contributed by atoms with van der Waals surface area (Å²) in [4.78, 5) is 0. The molecule has 0 N–H and O–H groups in total. The average molecular weight is 174 g/mol. The monoisotopic (exact) mass is 174 g/mol. The maximum absolute atomic E-state index is 5.36. The molecule has 0 heterocycles. The molecule has 0 spiro atoms. The fraction of sp³-hybridized carbons (Fsp3) is 0. The minimum atomic E-state index is 0. The molecule has 0 unspecified atom stereocenters. The van der Waals surface area contributed by atoms with Crippen molar-refractivity contribution in [2.24, 2.45) is 0 Å². The molecular formula is C12H9Li3. The molecule has 0 saturated carbocycles. The normalized spacial score (nSPS) is 7.20. The van der Waals surface area contributed by atoms with Gasteiger partial charge in [-0.15, -0.1) is 0 Å². The Morgan fingerprint density at radius 3 is 0.933 bits per heavy atom. The first-order valence-corrected chi connectivity index (χ1v) is 3.60. The van der Waals surface area contributed by atoms with Gasteiger partial charge in [0.15, 0.2) is 0 Å². The quantitative estimate of drug-likeness (QED) is 0.316. The summed E-state index contributed by atoms with van der Waals surface area (Å²) in [5.41, 5.74) is 2.72. The van der Waals surface area contributed by atoms with Gasteiger partial charge in [0.05, 0.1) is 0 Å². The minimum absolute atomic E-state index is 0. The van der Waals surface area contributed by atoms with E-state index in [0.717, 1.165) is 16.7 Å². The Bertz CT molecular complexity index is 265. The summed E-state index contributed by atoms with van der Waals surface area (Å²) in [7, 11) is 0. The first kappa shape index (κ1) is 20.6. The zero-order chi connectivity index (χ0) is 8.97. The second kappa shape index (κ2) is 10.7. The van der Waals surface area contributed by atoms with Crippen molar-refractivity contribution in [1.82, 2.24) is 0 Å². The SMILES string of the molecule is [CH-]=Cc1cc(C=[CH-])cc(C=[CH-])c1.[Li+].[Li+].[Li+]. The molecule has 0 aromatic heterocycles. The van der Waals surface area contributed by atoms with Crippen LogP contribution in [0.4, 0.5) is 0 Å². The molecule has 0 fully saturated rings. The molecule has 0 aliphatic carbocycles. The Balaban J connectivity index is -0.000000480. The van der Waals surface area contributed by atoms with Crippen molar-refractivity contribution in [3.8, 4) is 0 Å². The maximum Gasteiger partial charge on any atom is 1.00 e. The molecule has 15 heavy (non-hydrogen) atoms. The third-order valence-electron chi connectivity index (χ3n) is 1.58. The number of rotatable bonds is 3. The van der Waals surface area contributed by atoms with Crippen LogP contribution in [0.1, 0.15) is 16.7 Å². The van der Waals surface area contributed by atoms with E-state index in [1.807, 2.05) is 18.2 Å². The smallest absolute Gasteiger partial charge is 0.292 e. The Morgan fingerprint density at radius 1 is 0.600 bits per heavy atom. The van der Waals surface area contributed by atoms with E-state index in [9.17, 15) is 0 Å². The van der Waals surface area contributed by atoms with Crippen molar-refractivity contribution < 1.29 is 56.6 Å². The van der Waals surface area contributed by atoms with Crippen LogP contribution >= 0.6 is 0 Å². The summed E-state index contributed by atoms with van der Waals surface area (Å²) in [6, 6.07) is 5.65. The van der Waals surface area contributed by atoms with Gasteiger partial charge in [-0.2, -0.15) is 0 Å². The summed E-state index contributed by atoms with van der Waals surface area (Å²) in [6.45, 7) is 16.1. The van der Waals surface area contributed by atoms with Crippen LogP contribution < -0.4 is 56.6 Å². The molecule has 0 aliphatic rings. The third kappa shape index (κ3) is 6.41. The predicted octanol–water partition coefficient (Wildman–Crippen LogP) is -5.96. The van der Waals surface area contributed by atoms with Gasteiger partial charge < -0.3 is 0 Å². The molecule has 3 heteroatoms. The van der Waals surface area contributed by atoms with Crippen molar-refractivity contribution >= 4 is 18.2 Å². The third-order valence-corrected chi connectivity index (χ3v) is 1.58. The molecule has 0 saturated heterocycles. The van der Waals surface area contributed by atoms with E-state index < -0.39 is 0 Å². The van der Waals surface area contributed by atoms with Gasteiger partial charge in [-0.3, -0.25) is 19.7 Å². The Kier molecular flexibility index (Phi) is 14.8. The molecule has 1 aromatic carbocycles. The number of hydrogen-bond donors (Lipinski definition) is 0. The molecule has 0 aliphatic heterocycles. The van der Waals surface area contributed by atoms with Crippen LogP contribution in [0.3, 0.4) is 0 Å². The Hall–Kier alpha value is 0.232. The van der Waals surface area contributed by atoms with Crippen molar-refractivity contribution in [1.29, 1.82) is 0 Å². The molecule has 0 amide bonds. The molecule has 1 rings (SSSR count). The second-order valence-electron chi connectivity index (χ2n) is 2.43. The van der Waals surface area contributed by atoms with Gasteiger partial charge in [-0.1, -0.05) is 0 Å². The predicted molar refractivity (Wildman–Crippen MR) is 52.7 cm³/mol. The van der Waals surface area contributed by atoms with E-state index in [1.54, 1.807) is 0 Å². The summed E-state index contributed by atoms with van der Waals surface area (Å²) in [6.07, 6.45) is 4.54. The Morgan fingerprint density at radius 2 is 0.800 bits per heavy atom. The van der Waals surface area contributed by atoms with E-state index in [1.165, 1.54) is 18.2 Å². The Labute approximate surface area is 128 Å². The van der Waals surface area contributed by atoms with Gasteiger partial charge in [0.2, 0.25) is 0 Å². The topological polar surface area (TPSA) is 0 Å². The molecule has 0 nitrogen and oxygen atoms in total. The molecular weight excluding hydrogens is 165 g/mol. The molecule has 0 radical (unpaired) electrons. The molecule has 0 atom stereocenters. The zero-order valence-electron chi connectivity index (χ0n) is 9.70. The molecule has 60 valence electrons. The summed E-state index contributed by atoms with van der Waals surface area (Å²) < 4.78 is 0. The fourth-order valence-corrected chi connectivity index (χ4v) is 0.991. The van der Waals surface area contributed by atoms with Crippen molar-refractivity contribution in [3.63, 3.8) is 0 Å². The summed E-state index contributed by atoms with van der Waals surface area (Å²) in [5.74, 6) is 0. The number of hydrogen-bond acceptors (Lipinski definition) is 0. The van der Waals surface area contributed by atoms with Gasteiger partial charge in [-0.25, -0.2) is 53.1 Å². The van der Waals surface area contributed by atoms with Crippen LogP contribution in [-0.2, 0) is 0 Å². The van der Waals surface area contributed by atoms with Gasteiger partial charge in [0.25, 0.3) is 0 Å². The van der Waals surface area contributed by atoms with Gasteiger partial charge in [0, 0.05) is 0 Å². The zero-order valence-corrected chi connectivity index (χ0v) is 9.70. The van der Waals surface area contributed by atoms with Crippen molar-refractivity contribution in [2.75, 3.05) is 0 Å². The van der Waals surface area contributed by atoms with Crippen LogP contribution in [0.25, 0.3) is 18.2 Å².